The quantitative estimate of drug-likeness (QED) is 0.881. The van der Waals surface area contributed by atoms with Gasteiger partial charge in [0.1, 0.15) is 6.04 Å². The van der Waals surface area contributed by atoms with Crippen LogP contribution in [0.25, 0.3) is 0 Å². The van der Waals surface area contributed by atoms with Crippen LogP contribution in [0.1, 0.15) is 37.8 Å². The smallest absolute Gasteiger partial charge is 0.245 e. The number of nitrogens with one attached hydrogen (secondary N) is 1. The fourth-order valence-electron chi connectivity index (χ4n) is 2.69. The Hall–Kier alpha value is -1.35. The van der Waals surface area contributed by atoms with E-state index in [1.807, 2.05) is 30.3 Å². The maximum Gasteiger partial charge on any atom is 0.245 e. The monoisotopic (exact) mass is 244 g/mol. The maximum atomic E-state index is 12.5. The average molecular weight is 244 g/mol. The fourth-order valence-corrected chi connectivity index (χ4v) is 2.69. The maximum absolute atomic E-state index is 12.5. The number of carbonyl (C=O) groups is 1. The molecule has 1 aliphatic carbocycles. The summed E-state index contributed by atoms with van der Waals surface area (Å²) in [5, 5.41) is 3.47. The van der Waals surface area contributed by atoms with Crippen molar-refractivity contribution in [2.75, 3.05) is 6.54 Å². The Morgan fingerprint density at radius 1 is 1.28 bits per heavy atom. The van der Waals surface area contributed by atoms with E-state index in [2.05, 4.69) is 17.1 Å². The Bertz CT molecular complexity index is 427. The van der Waals surface area contributed by atoms with Crippen molar-refractivity contribution in [3.8, 4) is 0 Å². The molecular formula is C15H20N2O. The molecule has 1 amide bonds. The zero-order valence-electron chi connectivity index (χ0n) is 10.8. The van der Waals surface area contributed by atoms with E-state index in [9.17, 15) is 4.79 Å². The van der Waals surface area contributed by atoms with E-state index in [4.69, 9.17) is 0 Å². The second-order valence-corrected chi connectivity index (χ2v) is 5.37. The van der Waals surface area contributed by atoms with Crippen molar-refractivity contribution in [2.45, 2.75) is 38.4 Å². The van der Waals surface area contributed by atoms with Gasteiger partial charge in [0.15, 0.2) is 0 Å². The summed E-state index contributed by atoms with van der Waals surface area (Å²) in [6.07, 6.45) is 3.76. The van der Waals surface area contributed by atoms with Gasteiger partial charge in [0, 0.05) is 6.54 Å². The van der Waals surface area contributed by atoms with Crippen molar-refractivity contribution < 1.29 is 4.79 Å². The van der Waals surface area contributed by atoms with Crippen molar-refractivity contribution in [2.24, 2.45) is 5.92 Å². The highest BCUT2D eigenvalue weighted by Crippen LogP contribution is 2.33. The molecule has 18 heavy (non-hydrogen) atoms. The summed E-state index contributed by atoms with van der Waals surface area (Å²) >= 11 is 0. The number of amides is 1. The normalized spacial score (nSPS) is 27.8. The molecule has 1 saturated heterocycles. The summed E-state index contributed by atoms with van der Waals surface area (Å²) in [7, 11) is 0. The van der Waals surface area contributed by atoms with E-state index in [1.165, 1.54) is 12.8 Å². The van der Waals surface area contributed by atoms with Crippen LogP contribution in [0.2, 0.25) is 0 Å². The van der Waals surface area contributed by atoms with Gasteiger partial charge >= 0.3 is 0 Å². The molecule has 1 N–H and O–H groups in total. The average Bonchev–Trinajstić information content (AvgIpc) is 3.17. The molecule has 0 spiro atoms. The molecular weight excluding hydrogens is 224 g/mol. The first-order chi connectivity index (χ1) is 8.79. The minimum atomic E-state index is -0.144. The Morgan fingerprint density at radius 3 is 2.61 bits per heavy atom. The van der Waals surface area contributed by atoms with Gasteiger partial charge < -0.3 is 4.90 Å². The van der Waals surface area contributed by atoms with Crippen LogP contribution in [-0.2, 0) is 4.79 Å². The van der Waals surface area contributed by atoms with Gasteiger partial charge in [0.25, 0.3) is 0 Å². The Labute approximate surface area is 108 Å². The fraction of sp³-hybridized carbons (Fsp3) is 0.533. The van der Waals surface area contributed by atoms with Gasteiger partial charge in [-0.05, 0) is 30.7 Å². The van der Waals surface area contributed by atoms with E-state index in [0.717, 1.165) is 24.4 Å². The minimum Gasteiger partial charge on any atom is -0.325 e. The van der Waals surface area contributed by atoms with Crippen LogP contribution in [-0.4, -0.2) is 23.5 Å². The highest BCUT2D eigenvalue weighted by molar-refractivity contribution is 5.85. The highest BCUT2D eigenvalue weighted by atomic mass is 16.2. The molecule has 3 heteroatoms. The third kappa shape index (κ3) is 2.15. The van der Waals surface area contributed by atoms with Gasteiger partial charge in [-0.25, -0.2) is 0 Å². The van der Waals surface area contributed by atoms with Crippen molar-refractivity contribution in [3.05, 3.63) is 35.9 Å². The van der Waals surface area contributed by atoms with Crippen LogP contribution in [0.3, 0.4) is 0 Å². The predicted octanol–water partition coefficient (Wildman–Crippen LogP) is 2.31. The minimum absolute atomic E-state index is 0.144. The molecule has 96 valence electrons. The third-order valence-electron chi connectivity index (χ3n) is 3.94. The van der Waals surface area contributed by atoms with Crippen molar-refractivity contribution in [1.82, 2.24) is 10.2 Å². The predicted molar refractivity (Wildman–Crippen MR) is 70.8 cm³/mol. The van der Waals surface area contributed by atoms with Crippen LogP contribution in [0.5, 0.6) is 0 Å². The Balaban J connectivity index is 1.79. The SMILES string of the molecule is CCC1NC(c2ccccc2)C(=O)N1CC1CC1. The van der Waals surface area contributed by atoms with Gasteiger partial charge in [-0.3, -0.25) is 10.1 Å². The zero-order chi connectivity index (χ0) is 12.5. The first kappa shape index (κ1) is 11.7. The number of rotatable bonds is 4. The number of hydrogen-bond acceptors (Lipinski definition) is 2. The summed E-state index contributed by atoms with van der Waals surface area (Å²) in [5.74, 6) is 0.999. The number of benzene rings is 1. The third-order valence-corrected chi connectivity index (χ3v) is 3.94. The van der Waals surface area contributed by atoms with Crippen molar-refractivity contribution in [1.29, 1.82) is 0 Å². The number of carbonyl (C=O) groups excluding carboxylic acids is 1. The summed E-state index contributed by atoms with van der Waals surface area (Å²) in [4.78, 5) is 14.6. The molecule has 3 rings (SSSR count). The van der Waals surface area contributed by atoms with E-state index in [1.54, 1.807) is 0 Å². The molecule has 0 aromatic heterocycles. The summed E-state index contributed by atoms with van der Waals surface area (Å²) in [6, 6.07) is 9.90. The lowest BCUT2D eigenvalue weighted by Gasteiger charge is -2.22. The molecule has 1 aliphatic heterocycles. The van der Waals surface area contributed by atoms with Crippen LogP contribution in [0, 0.1) is 5.92 Å². The molecule has 1 aromatic rings. The largest absolute Gasteiger partial charge is 0.325 e. The molecule has 2 fully saturated rings. The second kappa shape index (κ2) is 4.73. The zero-order valence-corrected chi connectivity index (χ0v) is 10.8. The highest BCUT2D eigenvalue weighted by Gasteiger charge is 2.40. The summed E-state index contributed by atoms with van der Waals surface area (Å²) in [5.41, 5.74) is 1.08. The summed E-state index contributed by atoms with van der Waals surface area (Å²) in [6.45, 7) is 3.08. The van der Waals surface area contributed by atoms with E-state index < -0.39 is 0 Å². The first-order valence-corrected chi connectivity index (χ1v) is 6.91. The van der Waals surface area contributed by atoms with Gasteiger partial charge in [0.05, 0.1) is 6.17 Å². The standard InChI is InChI=1S/C15H20N2O/c1-2-13-16-14(12-6-4-3-5-7-12)15(18)17(13)10-11-8-9-11/h3-7,11,13-14,16H,2,8-10H2,1H3. The molecule has 0 bridgehead atoms. The number of hydrogen-bond donors (Lipinski definition) is 1. The van der Waals surface area contributed by atoms with Crippen LogP contribution in [0.15, 0.2) is 30.3 Å². The van der Waals surface area contributed by atoms with Gasteiger partial charge in [-0.2, -0.15) is 0 Å². The first-order valence-electron chi connectivity index (χ1n) is 6.91. The van der Waals surface area contributed by atoms with Gasteiger partial charge in [-0.1, -0.05) is 37.3 Å². The topological polar surface area (TPSA) is 32.3 Å². The van der Waals surface area contributed by atoms with Crippen LogP contribution >= 0.6 is 0 Å². The van der Waals surface area contributed by atoms with E-state index in [-0.39, 0.29) is 18.1 Å². The lowest BCUT2D eigenvalue weighted by molar-refractivity contribution is -0.130. The van der Waals surface area contributed by atoms with E-state index in [0.29, 0.717) is 0 Å². The van der Waals surface area contributed by atoms with Crippen molar-refractivity contribution >= 4 is 5.91 Å². The molecule has 1 aromatic carbocycles. The van der Waals surface area contributed by atoms with E-state index >= 15 is 0 Å². The molecule has 2 aliphatic rings. The Morgan fingerprint density at radius 2 is 2.00 bits per heavy atom. The molecule has 0 radical (unpaired) electrons. The lowest BCUT2D eigenvalue weighted by atomic mass is 10.1. The van der Waals surface area contributed by atoms with Gasteiger partial charge in [0.2, 0.25) is 5.91 Å². The summed E-state index contributed by atoms with van der Waals surface area (Å²) < 4.78 is 0. The molecule has 2 unspecified atom stereocenters. The molecule has 1 heterocycles. The molecule has 1 saturated carbocycles. The van der Waals surface area contributed by atoms with Gasteiger partial charge in [-0.15, -0.1) is 0 Å². The van der Waals surface area contributed by atoms with Crippen LogP contribution < -0.4 is 5.32 Å². The number of nitrogens with zero attached hydrogens (tertiary/aromatic N) is 1. The van der Waals surface area contributed by atoms with Crippen LogP contribution in [0.4, 0.5) is 0 Å². The van der Waals surface area contributed by atoms with Crippen molar-refractivity contribution in [3.63, 3.8) is 0 Å². The second-order valence-electron chi connectivity index (χ2n) is 5.37. The lowest BCUT2D eigenvalue weighted by Crippen LogP contribution is -2.38. The molecule has 3 nitrogen and oxygen atoms in total. The molecule has 2 atom stereocenters. The Kier molecular flexibility index (Phi) is 3.08.